The number of hydrogen-bond acceptors (Lipinski definition) is 2. The van der Waals surface area contributed by atoms with Gasteiger partial charge in [-0.05, 0) is 0 Å². The highest BCUT2D eigenvalue weighted by Gasteiger charge is 2.32. The lowest BCUT2D eigenvalue weighted by Crippen LogP contribution is -2.33. The molecule has 0 fully saturated rings. The molecule has 1 aromatic carbocycles. The highest BCUT2D eigenvalue weighted by Crippen LogP contribution is 2.26. The molecule has 1 aromatic rings. The first-order chi connectivity index (χ1) is 7.81. The molecule has 96 valence electrons. The Hall–Kier alpha value is -1.21. The molecular weight excluding hydrogens is 245 g/mol. The van der Waals surface area contributed by atoms with Crippen LogP contribution in [0.2, 0.25) is 0 Å². The van der Waals surface area contributed by atoms with Gasteiger partial charge >= 0.3 is 6.18 Å². The zero-order chi connectivity index (χ0) is 12.9. The van der Waals surface area contributed by atoms with Crippen LogP contribution in [-0.2, 0) is 10.8 Å². The third-order valence-corrected chi connectivity index (χ3v) is 1.83. The molecule has 7 heteroatoms. The molecule has 2 nitrogen and oxygen atoms in total. The van der Waals surface area contributed by atoms with E-state index in [1.165, 1.54) is 24.3 Å². The topological polar surface area (TPSA) is 21.3 Å². The summed E-state index contributed by atoms with van der Waals surface area (Å²) in [5.41, 5.74) is 1.32. The van der Waals surface area contributed by atoms with Crippen molar-refractivity contribution < 1.29 is 26.8 Å². The first kappa shape index (κ1) is 13.9. The van der Waals surface area contributed by atoms with Crippen molar-refractivity contribution in [3.05, 3.63) is 35.9 Å². The zero-order valence-electron chi connectivity index (χ0n) is 8.60. The van der Waals surface area contributed by atoms with E-state index in [1.807, 2.05) is 0 Å². The molecule has 0 saturated carbocycles. The maximum absolute atomic E-state index is 13.4. The normalized spacial score (nSPS) is 12.8. The van der Waals surface area contributed by atoms with Crippen molar-refractivity contribution in [3.63, 3.8) is 0 Å². The van der Waals surface area contributed by atoms with Gasteiger partial charge in [-0.25, -0.2) is 0 Å². The quantitative estimate of drug-likeness (QED) is 0.496. The number of hydrogen-bond donors (Lipinski definition) is 1. The van der Waals surface area contributed by atoms with E-state index in [0.717, 1.165) is 0 Å². The van der Waals surface area contributed by atoms with Crippen LogP contribution < -0.4 is 5.48 Å². The lowest BCUT2D eigenvalue weighted by Gasteiger charge is -2.17. The third kappa shape index (κ3) is 5.10. The van der Waals surface area contributed by atoms with Crippen molar-refractivity contribution in [3.8, 4) is 0 Å². The monoisotopic (exact) mass is 255 g/mol. The van der Waals surface area contributed by atoms with E-state index < -0.39 is 25.3 Å². The first-order valence-corrected chi connectivity index (χ1v) is 4.66. The molecule has 0 heterocycles. The van der Waals surface area contributed by atoms with Crippen LogP contribution in [0.25, 0.3) is 0 Å². The van der Waals surface area contributed by atoms with Crippen LogP contribution in [0.1, 0.15) is 5.56 Å². The van der Waals surface area contributed by atoms with Gasteiger partial charge in [0.15, 0.2) is 6.61 Å². The summed E-state index contributed by atoms with van der Waals surface area (Å²) >= 11 is 0. The summed E-state index contributed by atoms with van der Waals surface area (Å²) in [5.74, 6) is -3.28. The second kappa shape index (κ2) is 5.42. The van der Waals surface area contributed by atoms with Gasteiger partial charge in [-0.2, -0.15) is 27.4 Å². The molecular formula is C10H10F5NO. The van der Waals surface area contributed by atoms with E-state index in [9.17, 15) is 22.0 Å². The highest BCUT2D eigenvalue weighted by molar-refractivity contribution is 5.20. The van der Waals surface area contributed by atoms with Crippen molar-refractivity contribution in [1.29, 1.82) is 0 Å². The predicted molar refractivity (Wildman–Crippen MR) is 50.3 cm³/mol. The van der Waals surface area contributed by atoms with Gasteiger partial charge in [0.1, 0.15) is 0 Å². The Balaban J connectivity index is 2.41. The molecule has 1 rings (SSSR count). The van der Waals surface area contributed by atoms with Crippen LogP contribution in [0.4, 0.5) is 22.0 Å². The first-order valence-electron chi connectivity index (χ1n) is 4.66. The second-order valence-corrected chi connectivity index (χ2v) is 3.30. The highest BCUT2D eigenvalue weighted by atomic mass is 19.4. The van der Waals surface area contributed by atoms with Crippen LogP contribution >= 0.6 is 0 Å². The fraction of sp³-hybridized carbons (Fsp3) is 0.400. The lowest BCUT2D eigenvalue weighted by atomic mass is 10.1. The fourth-order valence-electron chi connectivity index (χ4n) is 1.06. The average molecular weight is 255 g/mol. The van der Waals surface area contributed by atoms with Gasteiger partial charge in [0.2, 0.25) is 0 Å². The van der Waals surface area contributed by atoms with Gasteiger partial charge < -0.3 is 0 Å². The minimum absolute atomic E-state index is 0.289. The average Bonchev–Trinajstić information content (AvgIpc) is 2.25. The van der Waals surface area contributed by atoms with Crippen LogP contribution in [0.15, 0.2) is 30.3 Å². The second-order valence-electron chi connectivity index (χ2n) is 3.30. The lowest BCUT2D eigenvalue weighted by molar-refractivity contribution is -0.195. The van der Waals surface area contributed by atoms with E-state index in [0.29, 0.717) is 0 Å². The molecule has 0 aliphatic carbocycles. The van der Waals surface area contributed by atoms with E-state index in [4.69, 9.17) is 0 Å². The Morgan fingerprint density at radius 1 is 1.00 bits per heavy atom. The Morgan fingerprint density at radius 3 is 2.12 bits per heavy atom. The van der Waals surface area contributed by atoms with Crippen LogP contribution in [-0.4, -0.2) is 19.3 Å². The molecule has 0 bridgehead atoms. The SMILES string of the molecule is FC(F)(F)CONCC(F)(F)c1ccccc1. The summed E-state index contributed by atoms with van der Waals surface area (Å²) in [7, 11) is 0. The van der Waals surface area contributed by atoms with E-state index in [2.05, 4.69) is 4.84 Å². The van der Waals surface area contributed by atoms with E-state index >= 15 is 0 Å². The molecule has 17 heavy (non-hydrogen) atoms. The summed E-state index contributed by atoms with van der Waals surface area (Å²) in [6.45, 7) is -2.63. The smallest absolute Gasteiger partial charge is 0.292 e. The zero-order valence-corrected chi connectivity index (χ0v) is 8.60. The Labute approximate surface area is 94.3 Å². The third-order valence-electron chi connectivity index (χ3n) is 1.83. The number of rotatable bonds is 5. The molecule has 1 N–H and O–H groups in total. The van der Waals surface area contributed by atoms with Crippen LogP contribution in [0.3, 0.4) is 0 Å². The van der Waals surface area contributed by atoms with Gasteiger partial charge in [0.25, 0.3) is 5.92 Å². The van der Waals surface area contributed by atoms with Gasteiger partial charge in [-0.15, -0.1) is 0 Å². The Morgan fingerprint density at radius 2 is 1.59 bits per heavy atom. The van der Waals surface area contributed by atoms with E-state index in [1.54, 1.807) is 11.5 Å². The van der Waals surface area contributed by atoms with Crippen molar-refractivity contribution in [1.82, 2.24) is 5.48 Å². The van der Waals surface area contributed by atoms with Crippen LogP contribution in [0.5, 0.6) is 0 Å². The van der Waals surface area contributed by atoms with Gasteiger partial charge in [0.05, 0.1) is 6.54 Å². The number of halogens is 5. The van der Waals surface area contributed by atoms with Gasteiger partial charge in [0, 0.05) is 5.56 Å². The van der Waals surface area contributed by atoms with Crippen molar-refractivity contribution in [2.75, 3.05) is 13.2 Å². The molecule has 0 unspecified atom stereocenters. The number of alkyl halides is 5. The van der Waals surface area contributed by atoms with Crippen molar-refractivity contribution >= 4 is 0 Å². The summed E-state index contributed by atoms with van der Waals surface area (Å²) in [4.78, 5) is 3.90. The molecule has 0 aliphatic heterocycles. The summed E-state index contributed by atoms with van der Waals surface area (Å²) in [6.07, 6.45) is -4.55. The molecule has 0 aromatic heterocycles. The molecule has 0 spiro atoms. The summed E-state index contributed by atoms with van der Waals surface area (Å²) < 4.78 is 61.6. The van der Waals surface area contributed by atoms with Crippen molar-refractivity contribution in [2.24, 2.45) is 0 Å². The van der Waals surface area contributed by atoms with E-state index in [-0.39, 0.29) is 5.56 Å². The Kier molecular flexibility index (Phi) is 4.41. The maximum Gasteiger partial charge on any atom is 0.413 e. The fourth-order valence-corrected chi connectivity index (χ4v) is 1.06. The number of hydroxylamine groups is 1. The molecule has 0 atom stereocenters. The summed E-state index contributed by atoms with van der Waals surface area (Å²) in [6, 6.07) is 6.77. The largest absolute Gasteiger partial charge is 0.413 e. The minimum atomic E-state index is -4.55. The van der Waals surface area contributed by atoms with Gasteiger partial charge in [-0.3, -0.25) is 4.84 Å². The maximum atomic E-state index is 13.4. The number of nitrogens with one attached hydrogen (secondary N) is 1. The molecule has 0 saturated heterocycles. The summed E-state index contributed by atoms with van der Waals surface area (Å²) in [5, 5.41) is 0. The predicted octanol–water partition coefficient (Wildman–Crippen LogP) is 2.86. The molecule has 0 radical (unpaired) electrons. The van der Waals surface area contributed by atoms with Crippen molar-refractivity contribution in [2.45, 2.75) is 12.1 Å². The van der Waals surface area contributed by atoms with Crippen LogP contribution in [0, 0.1) is 0 Å². The number of benzene rings is 1. The Bertz CT molecular complexity index is 338. The standard InChI is InChI=1S/C10H10F5NO/c11-9(12,8-4-2-1-3-5-8)6-16-17-7-10(13,14)15/h1-5,16H,6-7H2. The molecule has 0 aliphatic rings. The minimum Gasteiger partial charge on any atom is -0.292 e. The van der Waals surface area contributed by atoms with Gasteiger partial charge in [-0.1, -0.05) is 30.3 Å². The molecule has 0 amide bonds.